The van der Waals surface area contributed by atoms with Crippen molar-refractivity contribution in [2.75, 3.05) is 0 Å². The van der Waals surface area contributed by atoms with Crippen molar-refractivity contribution in [2.24, 2.45) is 0 Å². The fraction of sp³-hybridized carbons (Fsp3) is 0. The van der Waals surface area contributed by atoms with Crippen LogP contribution in [0.1, 0.15) is 0 Å². The van der Waals surface area contributed by atoms with Crippen LogP contribution in [0, 0.1) is 0 Å². The number of furan rings is 1. The van der Waals surface area contributed by atoms with E-state index in [1.165, 1.54) is 0 Å². The van der Waals surface area contributed by atoms with E-state index in [1.54, 1.807) is 0 Å². The third-order valence-electron chi connectivity index (χ3n) is 9.89. The van der Waals surface area contributed by atoms with Gasteiger partial charge >= 0.3 is 0 Å². The second-order valence-electron chi connectivity index (χ2n) is 13.2. The molecule has 0 atom stereocenters. The van der Waals surface area contributed by atoms with Gasteiger partial charge in [0.25, 0.3) is 0 Å². The van der Waals surface area contributed by atoms with Crippen LogP contribution in [0.4, 0.5) is 0 Å². The summed E-state index contributed by atoms with van der Waals surface area (Å²) in [6.07, 6.45) is 0. The zero-order chi connectivity index (χ0) is 35.1. The van der Waals surface area contributed by atoms with E-state index in [9.17, 15) is 0 Å². The Kier molecular flexibility index (Phi) is 7.43. The van der Waals surface area contributed by atoms with E-state index in [0.717, 1.165) is 82.8 Å². The topological polar surface area (TPSA) is 51.8 Å². The van der Waals surface area contributed by atoms with Crippen molar-refractivity contribution in [1.82, 2.24) is 15.0 Å². The molecule has 0 unspecified atom stereocenters. The van der Waals surface area contributed by atoms with Gasteiger partial charge in [0.1, 0.15) is 11.2 Å². The van der Waals surface area contributed by atoms with Crippen LogP contribution in [0.3, 0.4) is 0 Å². The first kappa shape index (κ1) is 30.6. The fourth-order valence-corrected chi connectivity index (χ4v) is 7.39. The lowest BCUT2D eigenvalue weighted by atomic mass is 9.90. The molecule has 0 radical (unpaired) electrons. The Hall–Kier alpha value is -7.17. The Labute approximate surface area is 306 Å². The molecular formula is C49H31N3O. The van der Waals surface area contributed by atoms with E-state index in [0.29, 0.717) is 17.5 Å². The van der Waals surface area contributed by atoms with E-state index >= 15 is 0 Å². The van der Waals surface area contributed by atoms with Crippen molar-refractivity contribution in [3.05, 3.63) is 188 Å². The van der Waals surface area contributed by atoms with Crippen molar-refractivity contribution in [3.63, 3.8) is 0 Å². The van der Waals surface area contributed by atoms with E-state index < -0.39 is 0 Å². The molecule has 53 heavy (non-hydrogen) atoms. The molecule has 0 amide bonds. The molecule has 0 fully saturated rings. The quantitative estimate of drug-likeness (QED) is 0.176. The first-order valence-electron chi connectivity index (χ1n) is 17.8. The number of fused-ring (bicyclic) bond motifs is 4. The maximum absolute atomic E-state index is 6.96. The van der Waals surface area contributed by atoms with Gasteiger partial charge in [0.05, 0.1) is 0 Å². The van der Waals surface area contributed by atoms with Gasteiger partial charge in [-0.3, -0.25) is 0 Å². The second-order valence-corrected chi connectivity index (χ2v) is 13.2. The monoisotopic (exact) mass is 677 g/mol. The molecular weight excluding hydrogens is 647 g/mol. The van der Waals surface area contributed by atoms with Crippen LogP contribution >= 0.6 is 0 Å². The number of aromatic nitrogens is 3. The maximum Gasteiger partial charge on any atom is 0.164 e. The van der Waals surface area contributed by atoms with E-state index in [4.69, 9.17) is 19.4 Å². The normalized spacial score (nSPS) is 11.4. The summed E-state index contributed by atoms with van der Waals surface area (Å²) in [5, 5.41) is 4.24. The van der Waals surface area contributed by atoms with E-state index in [2.05, 4.69) is 115 Å². The third kappa shape index (κ3) is 5.54. The first-order valence-corrected chi connectivity index (χ1v) is 17.8. The van der Waals surface area contributed by atoms with Crippen molar-refractivity contribution < 1.29 is 4.42 Å². The molecule has 0 aliphatic heterocycles. The summed E-state index contributed by atoms with van der Waals surface area (Å²) < 4.78 is 6.96. The zero-order valence-corrected chi connectivity index (χ0v) is 28.6. The van der Waals surface area contributed by atoms with Gasteiger partial charge in [-0.1, -0.05) is 158 Å². The minimum Gasteiger partial charge on any atom is -0.455 e. The molecule has 10 aromatic rings. The molecule has 0 bridgehead atoms. The van der Waals surface area contributed by atoms with Crippen LogP contribution in [0.5, 0.6) is 0 Å². The standard InChI is InChI=1S/C49H31N3O/c1-5-16-32(17-6-1)37-28-38(33-18-7-2-8-19-33)30-39(29-37)44-40-25-14-13-24-36(40)31-42-45-41(26-15-27-43(45)53-46(42)44)49-51-47(34-20-9-3-10-21-34)50-48(52-49)35-22-11-4-12-23-35/h1-31H. The molecule has 4 nitrogen and oxygen atoms in total. The Bertz CT molecular complexity index is 2810. The molecule has 0 aliphatic carbocycles. The minimum atomic E-state index is 0.596. The molecule has 2 aromatic heterocycles. The second kappa shape index (κ2) is 12.9. The van der Waals surface area contributed by atoms with Crippen LogP contribution in [0.2, 0.25) is 0 Å². The van der Waals surface area contributed by atoms with E-state index in [1.807, 2.05) is 72.8 Å². The lowest BCUT2D eigenvalue weighted by Crippen LogP contribution is -2.00. The fourth-order valence-electron chi connectivity index (χ4n) is 7.39. The zero-order valence-electron chi connectivity index (χ0n) is 28.6. The Morgan fingerprint density at radius 1 is 0.340 bits per heavy atom. The highest BCUT2D eigenvalue weighted by molar-refractivity contribution is 6.21. The molecule has 0 N–H and O–H groups in total. The van der Waals surface area contributed by atoms with Gasteiger partial charge in [-0.15, -0.1) is 0 Å². The summed E-state index contributed by atoms with van der Waals surface area (Å²) in [6.45, 7) is 0. The van der Waals surface area contributed by atoms with Gasteiger partial charge in [-0.05, 0) is 68.9 Å². The highest BCUT2D eigenvalue weighted by Gasteiger charge is 2.22. The first-order chi connectivity index (χ1) is 26.3. The molecule has 0 aliphatic rings. The maximum atomic E-state index is 6.96. The molecule has 0 spiro atoms. The molecule has 8 aromatic carbocycles. The van der Waals surface area contributed by atoms with Crippen LogP contribution in [-0.2, 0) is 0 Å². The van der Waals surface area contributed by atoms with Crippen LogP contribution in [-0.4, -0.2) is 15.0 Å². The number of benzene rings is 8. The Morgan fingerprint density at radius 2 is 0.830 bits per heavy atom. The molecule has 248 valence electrons. The minimum absolute atomic E-state index is 0.596. The third-order valence-corrected chi connectivity index (χ3v) is 9.89. The van der Waals surface area contributed by atoms with Crippen LogP contribution < -0.4 is 0 Å². The summed E-state index contributed by atoms with van der Waals surface area (Å²) in [5.41, 5.74) is 11.1. The summed E-state index contributed by atoms with van der Waals surface area (Å²) in [5.74, 6) is 1.84. The summed E-state index contributed by atoms with van der Waals surface area (Å²) in [4.78, 5) is 15.2. The number of hydrogen-bond acceptors (Lipinski definition) is 4. The van der Waals surface area contributed by atoms with Gasteiger partial charge in [0.2, 0.25) is 0 Å². The van der Waals surface area contributed by atoms with Crippen molar-refractivity contribution in [1.29, 1.82) is 0 Å². The molecule has 4 heteroatoms. The lowest BCUT2D eigenvalue weighted by Gasteiger charge is -2.14. The van der Waals surface area contributed by atoms with Crippen LogP contribution in [0.25, 0.3) is 100 Å². The number of nitrogens with zero attached hydrogens (tertiary/aromatic N) is 3. The van der Waals surface area contributed by atoms with Crippen molar-refractivity contribution in [3.8, 4) is 67.5 Å². The van der Waals surface area contributed by atoms with Gasteiger partial charge in [0.15, 0.2) is 17.5 Å². The number of rotatable bonds is 6. The SMILES string of the molecule is c1ccc(-c2cc(-c3ccccc3)cc(-c3c4ccccc4cc4c3oc3cccc(-c5nc(-c6ccccc6)nc(-c6ccccc6)n5)c34)c2)cc1. The van der Waals surface area contributed by atoms with E-state index in [-0.39, 0.29) is 0 Å². The summed E-state index contributed by atoms with van der Waals surface area (Å²) in [6, 6.07) is 65.2. The Balaban J connectivity index is 1.26. The van der Waals surface area contributed by atoms with Gasteiger partial charge < -0.3 is 4.42 Å². The van der Waals surface area contributed by atoms with Crippen molar-refractivity contribution in [2.45, 2.75) is 0 Å². The van der Waals surface area contributed by atoms with Crippen LogP contribution in [0.15, 0.2) is 192 Å². The molecule has 0 saturated heterocycles. The average Bonchev–Trinajstić information content (AvgIpc) is 3.62. The van der Waals surface area contributed by atoms with Gasteiger partial charge in [0, 0.05) is 33.0 Å². The smallest absolute Gasteiger partial charge is 0.164 e. The summed E-state index contributed by atoms with van der Waals surface area (Å²) >= 11 is 0. The average molecular weight is 678 g/mol. The Morgan fingerprint density at radius 3 is 1.42 bits per heavy atom. The van der Waals surface area contributed by atoms with Gasteiger partial charge in [-0.25, -0.2) is 15.0 Å². The molecule has 10 rings (SSSR count). The predicted octanol–water partition coefficient (Wildman–Crippen LogP) is 12.9. The largest absolute Gasteiger partial charge is 0.455 e. The van der Waals surface area contributed by atoms with Gasteiger partial charge in [-0.2, -0.15) is 0 Å². The molecule has 0 saturated carbocycles. The lowest BCUT2D eigenvalue weighted by molar-refractivity contribution is 0.670. The summed E-state index contributed by atoms with van der Waals surface area (Å²) in [7, 11) is 0. The van der Waals surface area contributed by atoms with Crippen molar-refractivity contribution >= 4 is 32.7 Å². The predicted molar refractivity (Wildman–Crippen MR) is 217 cm³/mol. The number of hydrogen-bond donors (Lipinski definition) is 0. The highest BCUT2D eigenvalue weighted by atomic mass is 16.3. The highest BCUT2D eigenvalue weighted by Crippen LogP contribution is 2.45. The molecule has 2 heterocycles.